The summed E-state index contributed by atoms with van der Waals surface area (Å²) in [4.78, 5) is 11.2. The number of hydrogen-bond acceptors (Lipinski definition) is 3. The Balaban J connectivity index is 2.73. The van der Waals surface area contributed by atoms with E-state index in [1.165, 1.54) is 0 Å². The third kappa shape index (κ3) is 4.34. The van der Waals surface area contributed by atoms with Gasteiger partial charge in [-0.2, -0.15) is 5.11 Å². The molecule has 1 aromatic carbocycles. The third-order valence-corrected chi connectivity index (χ3v) is 2.20. The summed E-state index contributed by atoms with van der Waals surface area (Å²) < 4.78 is 4.88. The van der Waals surface area contributed by atoms with Crippen molar-refractivity contribution in [1.82, 2.24) is 0 Å². The van der Waals surface area contributed by atoms with Crippen molar-refractivity contribution in [2.24, 2.45) is 10.2 Å². The Hall–Kier alpha value is -1.71. The molecule has 0 bridgehead atoms. The molecule has 0 atom stereocenters. The molecule has 92 valence electrons. The molecular formula is C13H18N2O2. The van der Waals surface area contributed by atoms with Crippen LogP contribution in [0.15, 0.2) is 40.6 Å². The molecule has 0 fully saturated rings. The molecule has 17 heavy (non-hydrogen) atoms. The normalized spacial score (nSPS) is 12.1. The Morgan fingerprint density at radius 1 is 1.24 bits per heavy atom. The summed E-state index contributed by atoms with van der Waals surface area (Å²) in [7, 11) is 0. The van der Waals surface area contributed by atoms with Crippen LogP contribution in [0.4, 0.5) is 4.79 Å². The van der Waals surface area contributed by atoms with Gasteiger partial charge in [0, 0.05) is 0 Å². The lowest BCUT2D eigenvalue weighted by Crippen LogP contribution is -2.14. The summed E-state index contributed by atoms with van der Waals surface area (Å²) >= 11 is 0. The predicted molar refractivity (Wildman–Crippen MR) is 65.9 cm³/mol. The van der Waals surface area contributed by atoms with Gasteiger partial charge in [-0.3, -0.25) is 0 Å². The lowest BCUT2D eigenvalue weighted by molar-refractivity contribution is 0.123. The number of ether oxygens (including phenoxy) is 1. The standard InChI is InChI=1S/C13H18N2O2/c1-10(2)17-12(16)14-15-13(3,4)11-8-6-5-7-9-11/h5-10H,1-4H3/b15-14+. The molecule has 0 spiro atoms. The van der Waals surface area contributed by atoms with Gasteiger partial charge in [0.1, 0.15) is 5.54 Å². The van der Waals surface area contributed by atoms with Crippen LogP contribution in [0.5, 0.6) is 0 Å². The number of rotatable bonds is 3. The van der Waals surface area contributed by atoms with Crippen LogP contribution in [0.1, 0.15) is 33.3 Å². The average molecular weight is 234 g/mol. The highest BCUT2D eigenvalue weighted by Gasteiger charge is 2.20. The second kappa shape index (κ2) is 5.57. The van der Waals surface area contributed by atoms with Crippen molar-refractivity contribution < 1.29 is 9.53 Å². The van der Waals surface area contributed by atoms with Gasteiger partial charge < -0.3 is 4.74 Å². The summed E-state index contributed by atoms with van der Waals surface area (Å²) in [6.07, 6.45) is -0.828. The molecule has 0 unspecified atom stereocenters. The van der Waals surface area contributed by atoms with Crippen LogP contribution in [0, 0.1) is 0 Å². The van der Waals surface area contributed by atoms with E-state index in [1.807, 2.05) is 44.2 Å². The Kier molecular flexibility index (Phi) is 4.37. The van der Waals surface area contributed by atoms with E-state index in [-0.39, 0.29) is 6.10 Å². The highest BCUT2D eigenvalue weighted by atomic mass is 16.6. The second-order valence-electron chi connectivity index (χ2n) is 4.56. The number of carbonyl (C=O) groups is 1. The lowest BCUT2D eigenvalue weighted by atomic mass is 9.96. The molecule has 1 rings (SSSR count). The van der Waals surface area contributed by atoms with Gasteiger partial charge >= 0.3 is 6.09 Å². The van der Waals surface area contributed by atoms with Crippen LogP contribution >= 0.6 is 0 Å². The largest absolute Gasteiger partial charge is 0.452 e. The molecule has 0 saturated heterocycles. The van der Waals surface area contributed by atoms with Gasteiger partial charge in [-0.1, -0.05) is 35.4 Å². The van der Waals surface area contributed by atoms with Crippen molar-refractivity contribution >= 4 is 6.09 Å². The van der Waals surface area contributed by atoms with Gasteiger partial charge in [-0.25, -0.2) is 4.79 Å². The molecule has 0 aliphatic rings. The first-order chi connectivity index (χ1) is 7.92. The van der Waals surface area contributed by atoms with Crippen molar-refractivity contribution in [1.29, 1.82) is 0 Å². The quantitative estimate of drug-likeness (QED) is 0.744. The minimum atomic E-state index is -0.649. The van der Waals surface area contributed by atoms with Crippen LogP contribution < -0.4 is 0 Å². The topological polar surface area (TPSA) is 51.0 Å². The number of carbonyl (C=O) groups excluding carboxylic acids is 1. The molecular weight excluding hydrogens is 216 g/mol. The monoisotopic (exact) mass is 234 g/mol. The third-order valence-electron chi connectivity index (χ3n) is 2.20. The number of azo groups is 1. The molecule has 1 amide bonds. The summed E-state index contributed by atoms with van der Waals surface area (Å²) in [5, 5.41) is 7.61. The predicted octanol–water partition coefficient (Wildman–Crippen LogP) is 3.92. The zero-order chi connectivity index (χ0) is 12.9. The van der Waals surface area contributed by atoms with Crippen LogP contribution in [-0.4, -0.2) is 12.2 Å². The Morgan fingerprint density at radius 2 is 1.82 bits per heavy atom. The Morgan fingerprint density at radius 3 is 2.35 bits per heavy atom. The summed E-state index contributed by atoms with van der Waals surface area (Å²) in [5.41, 5.74) is 0.471. The first kappa shape index (κ1) is 13.4. The first-order valence-electron chi connectivity index (χ1n) is 5.61. The van der Waals surface area contributed by atoms with Gasteiger partial charge in [-0.15, -0.1) is 0 Å². The molecule has 0 aliphatic carbocycles. The molecule has 0 N–H and O–H groups in total. The molecule has 0 aliphatic heterocycles. The number of hydrogen-bond donors (Lipinski definition) is 0. The van der Waals surface area contributed by atoms with Crippen molar-refractivity contribution in [2.45, 2.75) is 39.3 Å². The molecule has 4 nitrogen and oxygen atoms in total. The fourth-order valence-electron chi connectivity index (χ4n) is 1.29. The van der Waals surface area contributed by atoms with Crippen molar-refractivity contribution in [3.8, 4) is 0 Å². The van der Waals surface area contributed by atoms with E-state index in [9.17, 15) is 4.79 Å². The van der Waals surface area contributed by atoms with E-state index in [4.69, 9.17) is 4.74 Å². The maximum absolute atomic E-state index is 11.2. The minimum absolute atomic E-state index is 0.179. The van der Waals surface area contributed by atoms with E-state index in [2.05, 4.69) is 10.2 Å². The lowest BCUT2D eigenvalue weighted by Gasteiger charge is -2.18. The molecule has 0 aromatic heterocycles. The van der Waals surface area contributed by atoms with Crippen LogP contribution in [0.3, 0.4) is 0 Å². The summed E-state index contributed by atoms with van der Waals surface area (Å²) in [6.45, 7) is 7.34. The number of benzene rings is 1. The Bertz CT molecular complexity index is 397. The molecule has 0 radical (unpaired) electrons. The van der Waals surface area contributed by atoms with Gasteiger partial charge in [-0.05, 0) is 33.3 Å². The fraction of sp³-hybridized carbons (Fsp3) is 0.462. The van der Waals surface area contributed by atoms with Crippen molar-refractivity contribution in [3.63, 3.8) is 0 Å². The van der Waals surface area contributed by atoms with E-state index < -0.39 is 11.6 Å². The van der Waals surface area contributed by atoms with Crippen LogP contribution in [0.2, 0.25) is 0 Å². The molecule has 1 aromatic rings. The second-order valence-corrected chi connectivity index (χ2v) is 4.56. The summed E-state index contributed by atoms with van der Waals surface area (Å²) in [5.74, 6) is 0. The van der Waals surface area contributed by atoms with Gasteiger partial charge in [0.05, 0.1) is 6.10 Å². The van der Waals surface area contributed by atoms with E-state index in [1.54, 1.807) is 13.8 Å². The highest BCUT2D eigenvalue weighted by Crippen LogP contribution is 2.24. The molecule has 0 saturated carbocycles. The van der Waals surface area contributed by atoms with E-state index >= 15 is 0 Å². The van der Waals surface area contributed by atoms with Crippen molar-refractivity contribution in [2.75, 3.05) is 0 Å². The van der Waals surface area contributed by atoms with E-state index in [0.29, 0.717) is 0 Å². The smallest absolute Gasteiger partial charge is 0.444 e. The summed E-state index contributed by atoms with van der Waals surface area (Å²) in [6, 6.07) is 9.70. The average Bonchev–Trinajstić information content (AvgIpc) is 2.27. The fourth-order valence-corrected chi connectivity index (χ4v) is 1.29. The minimum Gasteiger partial charge on any atom is -0.444 e. The molecule has 4 heteroatoms. The van der Waals surface area contributed by atoms with Gasteiger partial charge in [0.25, 0.3) is 0 Å². The number of amides is 1. The maximum Gasteiger partial charge on any atom is 0.452 e. The SMILES string of the molecule is CC(C)OC(=O)/N=N/C(C)(C)c1ccccc1. The van der Waals surface area contributed by atoms with E-state index in [0.717, 1.165) is 5.56 Å². The molecule has 0 heterocycles. The zero-order valence-electron chi connectivity index (χ0n) is 10.7. The van der Waals surface area contributed by atoms with Gasteiger partial charge in [0.2, 0.25) is 0 Å². The van der Waals surface area contributed by atoms with Crippen LogP contribution in [0.25, 0.3) is 0 Å². The maximum atomic E-state index is 11.2. The number of nitrogens with zero attached hydrogens (tertiary/aromatic N) is 2. The van der Waals surface area contributed by atoms with Gasteiger partial charge in [0.15, 0.2) is 0 Å². The Labute approximate surface area is 102 Å². The first-order valence-corrected chi connectivity index (χ1v) is 5.61. The van der Waals surface area contributed by atoms with Crippen molar-refractivity contribution in [3.05, 3.63) is 35.9 Å². The highest BCUT2D eigenvalue weighted by molar-refractivity contribution is 5.67. The zero-order valence-corrected chi connectivity index (χ0v) is 10.7. The van der Waals surface area contributed by atoms with Crippen LogP contribution in [-0.2, 0) is 10.3 Å².